The second-order valence-electron chi connectivity index (χ2n) is 15.3. The number of hydrogen-bond donors (Lipinski definition) is 0. The Morgan fingerprint density at radius 3 is 1.41 bits per heavy atom. The Bertz CT molecular complexity index is 1380. The van der Waals surface area contributed by atoms with Crippen LogP contribution in [0, 0.1) is 0 Å². The first kappa shape index (κ1) is 37.0. The number of halogens is 4. The van der Waals surface area contributed by atoms with Crippen molar-refractivity contribution in [2.24, 2.45) is 0 Å². The van der Waals surface area contributed by atoms with Gasteiger partial charge in [0.15, 0.2) is 0 Å². The molecule has 4 aliphatic carbocycles. The molecule has 0 nitrogen and oxygen atoms in total. The molecule has 0 fully saturated rings. The zero-order valence-corrected chi connectivity index (χ0v) is 33.4. The van der Waals surface area contributed by atoms with Gasteiger partial charge in [0.25, 0.3) is 0 Å². The van der Waals surface area contributed by atoms with E-state index >= 15 is 0 Å². The van der Waals surface area contributed by atoms with Gasteiger partial charge in [-0.2, -0.15) is 0 Å². The Morgan fingerprint density at radius 2 is 1.10 bits per heavy atom. The molecule has 2 aromatic rings. The first-order valence-corrected chi connectivity index (χ1v) is 40.3. The average molecular weight is 790 g/mol. The minimum atomic E-state index is -3.83. The quantitative estimate of drug-likeness (QED) is 0.320. The van der Waals surface area contributed by atoms with Crippen LogP contribution in [0.1, 0.15) is 46.9 Å². The van der Waals surface area contributed by atoms with E-state index in [9.17, 15) is 0 Å². The molecule has 221 valence electrons. The summed E-state index contributed by atoms with van der Waals surface area (Å²) in [6, 6.07) is 17.4. The van der Waals surface area contributed by atoms with Gasteiger partial charge in [-0.3, -0.25) is 0 Å². The van der Waals surface area contributed by atoms with Gasteiger partial charge in [0.05, 0.1) is 0 Å². The molecule has 41 heavy (non-hydrogen) atoms. The summed E-state index contributed by atoms with van der Waals surface area (Å²) < 4.78 is 19.0. The van der Waals surface area contributed by atoms with Crippen molar-refractivity contribution in [1.29, 1.82) is 0 Å². The molecule has 0 radical (unpaired) electrons. The molecule has 0 aliphatic heterocycles. The Hall–Kier alpha value is -0.194. The predicted molar refractivity (Wildman–Crippen MR) is 173 cm³/mol. The van der Waals surface area contributed by atoms with E-state index in [1.165, 1.54) is 32.0 Å². The summed E-state index contributed by atoms with van der Waals surface area (Å²) in [5.74, 6) is 1.00. The van der Waals surface area contributed by atoms with Gasteiger partial charge in [-0.05, 0) is 22.3 Å². The standard InChI is InChI=1S/C18H14.2C5H5.7CH3.4ClH.2Zr/c1-3-7-15-13(5-1)9-11-17(15)18-12-10-14-6-2-4-8-16(14)18;2*1-2-4-5-3-1;;;;;;;;;;;;;/h1-12,17-18H;2*1-3H,4H2;7*1H3;4*1H;;/q;;;;;;;;;;;;;;2*+2/p-4. The van der Waals surface area contributed by atoms with E-state index < -0.39 is 33.7 Å². The normalized spacial score (nSPS) is 21.4. The maximum atomic E-state index is 6.51. The van der Waals surface area contributed by atoms with Crippen LogP contribution < -0.4 is 24.8 Å². The van der Waals surface area contributed by atoms with Crippen LogP contribution in [0.4, 0.5) is 0 Å². The summed E-state index contributed by atoms with van der Waals surface area (Å²) in [5, 5.41) is 0. The molecule has 2 aromatic carbocycles. The number of hydrogen-bond acceptors (Lipinski definition) is 0. The zero-order chi connectivity index (χ0) is 28.6. The third-order valence-corrected chi connectivity index (χ3v) is 25.0. The van der Waals surface area contributed by atoms with E-state index in [0.717, 1.165) is 6.42 Å². The van der Waals surface area contributed by atoms with Gasteiger partial charge in [-0.1, -0.05) is 72.8 Å². The molecular weight excluding hydrogens is 745 g/mol. The Kier molecular flexibility index (Phi) is 11.4. The zero-order valence-electron chi connectivity index (χ0n) is 25.5. The van der Waals surface area contributed by atoms with Gasteiger partial charge < -0.3 is 24.8 Å². The van der Waals surface area contributed by atoms with Crippen molar-refractivity contribution >= 4 is 29.2 Å². The van der Waals surface area contributed by atoms with Crippen molar-refractivity contribution in [3.63, 3.8) is 0 Å². The number of rotatable bonds is 3. The molecule has 6 rings (SSSR count). The van der Waals surface area contributed by atoms with Crippen LogP contribution in [0.2, 0.25) is 32.4 Å². The smallest absolute Gasteiger partial charge is 1.00 e. The maximum absolute atomic E-state index is 6.51. The van der Waals surface area contributed by atoms with Crippen molar-refractivity contribution in [2.45, 2.75) is 57.1 Å². The SMILES string of the molecule is C1=CC(C2C=Cc3ccccc32)c2ccccc21.[CH3][Zr+2]([CH3])([CH3])([CH3])[C]1=CC=CC1.[CH3][Zr]([CH3])([CH3])([Cl])([Cl])[C]1=CC=CC1.[Cl-].[Cl-]. The molecule has 0 saturated carbocycles. The van der Waals surface area contributed by atoms with E-state index in [1.54, 1.807) is 3.28 Å². The summed E-state index contributed by atoms with van der Waals surface area (Å²) >= 11 is -6.04. The first-order chi connectivity index (χ1) is 17.9. The molecule has 0 bridgehead atoms. The first-order valence-electron chi connectivity index (χ1n) is 14.3. The Labute approximate surface area is 267 Å². The summed E-state index contributed by atoms with van der Waals surface area (Å²) in [6.07, 6.45) is 24.4. The second-order valence-corrected chi connectivity index (χ2v) is 75.1. The minimum Gasteiger partial charge on any atom is -1.00 e. The number of fused-ring (bicyclic) bond motifs is 2. The summed E-state index contributed by atoms with van der Waals surface area (Å²) in [6.45, 7) is 0. The van der Waals surface area contributed by atoms with E-state index in [1.807, 2.05) is 20.0 Å². The molecule has 0 amide bonds. The fraction of sp³-hybridized carbons (Fsp3) is 0.314. The van der Waals surface area contributed by atoms with Crippen molar-refractivity contribution in [1.82, 2.24) is 0 Å². The van der Waals surface area contributed by atoms with Gasteiger partial charge in [-0.25, -0.2) is 0 Å². The van der Waals surface area contributed by atoms with Crippen molar-refractivity contribution < 1.29 is 58.5 Å². The van der Waals surface area contributed by atoms with Crippen LogP contribution in [0.15, 0.2) is 104 Å². The Balaban J connectivity index is 0.000000224. The fourth-order valence-electron chi connectivity index (χ4n) is 5.51. The van der Waals surface area contributed by atoms with E-state index in [4.69, 9.17) is 17.0 Å². The van der Waals surface area contributed by atoms with E-state index in [0.29, 0.717) is 11.8 Å². The summed E-state index contributed by atoms with van der Waals surface area (Å²) in [4.78, 5) is 0. The molecule has 0 saturated heterocycles. The van der Waals surface area contributed by atoms with Crippen LogP contribution in [0.5, 0.6) is 0 Å². The van der Waals surface area contributed by atoms with Crippen molar-refractivity contribution in [2.75, 3.05) is 0 Å². The molecule has 6 heteroatoms. The Morgan fingerprint density at radius 1 is 0.659 bits per heavy atom. The van der Waals surface area contributed by atoms with Gasteiger partial charge >= 0.3 is 139 Å². The van der Waals surface area contributed by atoms with Crippen LogP contribution in [0.25, 0.3) is 12.2 Å². The van der Waals surface area contributed by atoms with Crippen molar-refractivity contribution in [3.05, 3.63) is 126 Å². The molecule has 2 atom stereocenters. The maximum Gasteiger partial charge on any atom is -1.00 e. The predicted octanol–water partition coefficient (Wildman–Crippen LogP) is 6.84. The van der Waals surface area contributed by atoms with Crippen LogP contribution >= 0.6 is 17.0 Å². The molecule has 0 aromatic heterocycles. The molecule has 2 unspecified atom stereocenters. The number of allylic oxidation sites excluding steroid dienone is 10. The summed E-state index contributed by atoms with van der Waals surface area (Å²) in [7, 11) is 13.0. The van der Waals surface area contributed by atoms with Gasteiger partial charge in [0.1, 0.15) is 0 Å². The van der Waals surface area contributed by atoms with Crippen molar-refractivity contribution in [3.8, 4) is 0 Å². The topological polar surface area (TPSA) is 0 Å². The minimum absolute atomic E-state index is 0. The van der Waals surface area contributed by atoms with Crippen LogP contribution in [0.3, 0.4) is 0 Å². The molecule has 4 aliphatic rings. The van der Waals surface area contributed by atoms with Gasteiger partial charge in [-0.15, -0.1) is 0 Å². The third kappa shape index (κ3) is 9.90. The second kappa shape index (κ2) is 12.7. The van der Waals surface area contributed by atoms with Gasteiger partial charge in [0.2, 0.25) is 0 Å². The van der Waals surface area contributed by atoms with Gasteiger partial charge in [0, 0.05) is 11.8 Å². The molecule has 0 heterocycles. The molecule has 0 spiro atoms. The van der Waals surface area contributed by atoms with Crippen LogP contribution in [-0.4, -0.2) is 0 Å². The van der Waals surface area contributed by atoms with Crippen LogP contribution in [-0.2, 0) is 33.7 Å². The summed E-state index contributed by atoms with van der Waals surface area (Å²) in [5.41, 5.74) is 5.67. The monoisotopic (exact) mass is 785 g/mol. The fourth-order valence-corrected chi connectivity index (χ4v) is 15.3. The third-order valence-electron chi connectivity index (χ3n) is 8.10. The number of benzene rings is 2. The van der Waals surface area contributed by atoms with E-state index in [-0.39, 0.29) is 24.8 Å². The largest absolute Gasteiger partial charge is 1.00 e. The molecular formula is C35H45Cl4Zr2. The van der Waals surface area contributed by atoms with E-state index in [2.05, 4.69) is 122 Å². The molecule has 0 N–H and O–H groups in total. The average Bonchev–Trinajstić information content (AvgIpc) is 3.63.